The third-order valence-corrected chi connectivity index (χ3v) is 3.33. The summed E-state index contributed by atoms with van der Waals surface area (Å²) >= 11 is 0. The molecule has 0 fully saturated rings. The van der Waals surface area contributed by atoms with Crippen LogP contribution in [0.3, 0.4) is 0 Å². The predicted molar refractivity (Wildman–Crippen MR) is 84.8 cm³/mol. The summed E-state index contributed by atoms with van der Waals surface area (Å²) in [5.74, 6) is -1.33. The zero-order valence-electron chi connectivity index (χ0n) is 12.9. The molecule has 0 unspecified atom stereocenters. The first-order chi connectivity index (χ1) is 11.7. The number of ether oxygens (including phenoxy) is 2. The fourth-order valence-corrected chi connectivity index (χ4v) is 2.14. The highest BCUT2D eigenvalue weighted by Crippen LogP contribution is 2.26. The van der Waals surface area contributed by atoms with Gasteiger partial charge in [0.2, 0.25) is 0 Å². The summed E-state index contributed by atoms with van der Waals surface area (Å²) in [6, 6.07) is 15.9. The molecule has 0 aliphatic carbocycles. The third-order valence-electron chi connectivity index (χ3n) is 3.33. The van der Waals surface area contributed by atoms with Gasteiger partial charge in [-0.15, -0.1) is 0 Å². The maximum atomic E-state index is 12.2. The van der Waals surface area contributed by atoms with Crippen molar-refractivity contribution in [3.8, 4) is 17.1 Å². The van der Waals surface area contributed by atoms with E-state index in [2.05, 4.69) is 0 Å². The Kier molecular flexibility index (Phi) is 4.47. The highest BCUT2D eigenvalue weighted by Gasteiger charge is 2.23. The second-order valence-corrected chi connectivity index (χ2v) is 4.90. The summed E-state index contributed by atoms with van der Waals surface area (Å²) in [5.41, 5.74) is 1.33. The fraction of sp³-hybridized carbons (Fsp3) is 0.111. The van der Waals surface area contributed by atoms with Crippen molar-refractivity contribution < 1.29 is 23.1 Å². The molecule has 0 radical (unpaired) electrons. The van der Waals surface area contributed by atoms with Crippen LogP contribution in [0.4, 0.5) is 0 Å². The number of carbonyl (C=O) groups excluding carboxylic acids is 1. The minimum atomic E-state index is -0.965. The van der Waals surface area contributed by atoms with Gasteiger partial charge in [-0.1, -0.05) is 30.3 Å². The van der Waals surface area contributed by atoms with Crippen molar-refractivity contribution in [2.45, 2.75) is 6.61 Å². The standard InChI is InChI=1S/C18H14O6/c1-21-14-9-7-13(8-10-14)15-16(24-18(20)23-15)17(19)22-11-12-5-3-2-4-6-12/h2-10H,11H2,1H3. The molecule has 0 atom stereocenters. The van der Waals surface area contributed by atoms with Crippen LogP contribution < -0.4 is 10.6 Å². The molecule has 2 aromatic carbocycles. The lowest BCUT2D eigenvalue weighted by molar-refractivity contribution is 0.0435. The number of benzene rings is 2. The highest BCUT2D eigenvalue weighted by atomic mass is 16.6. The van der Waals surface area contributed by atoms with Gasteiger partial charge in [0.15, 0.2) is 5.76 Å². The van der Waals surface area contributed by atoms with Crippen LogP contribution >= 0.6 is 0 Å². The first-order valence-corrected chi connectivity index (χ1v) is 7.17. The Balaban J connectivity index is 1.82. The molecule has 3 rings (SSSR count). The summed E-state index contributed by atoms with van der Waals surface area (Å²) in [6.07, 6.45) is 0. The molecule has 0 amide bonds. The van der Waals surface area contributed by atoms with E-state index in [4.69, 9.17) is 18.3 Å². The summed E-state index contributed by atoms with van der Waals surface area (Å²) in [5, 5.41) is 0. The van der Waals surface area contributed by atoms with E-state index >= 15 is 0 Å². The van der Waals surface area contributed by atoms with E-state index in [1.165, 1.54) is 0 Å². The number of hydrogen-bond acceptors (Lipinski definition) is 6. The summed E-state index contributed by atoms with van der Waals surface area (Å²) in [6.45, 7) is 0.0661. The van der Waals surface area contributed by atoms with Gasteiger partial charge >= 0.3 is 11.8 Å². The van der Waals surface area contributed by atoms with Gasteiger partial charge in [0.1, 0.15) is 12.4 Å². The average molecular weight is 326 g/mol. The molecule has 24 heavy (non-hydrogen) atoms. The highest BCUT2D eigenvalue weighted by molar-refractivity contribution is 5.92. The molecule has 0 saturated carbocycles. The van der Waals surface area contributed by atoms with Gasteiger partial charge in [0.05, 0.1) is 7.11 Å². The van der Waals surface area contributed by atoms with Gasteiger partial charge < -0.3 is 18.3 Å². The van der Waals surface area contributed by atoms with Crippen LogP contribution in [-0.2, 0) is 11.3 Å². The van der Waals surface area contributed by atoms with E-state index in [9.17, 15) is 9.59 Å². The molecular formula is C18H14O6. The molecule has 3 aromatic rings. The molecule has 0 aliphatic rings. The van der Waals surface area contributed by atoms with Crippen molar-refractivity contribution in [1.82, 2.24) is 0 Å². The van der Waals surface area contributed by atoms with E-state index in [-0.39, 0.29) is 18.1 Å². The topological polar surface area (TPSA) is 78.9 Å². The van der Waals surface area contributed by atoms with Crippen molar-refractivity contribution in [2.75, 3.05) is 7.11 Å². The van der Waals surface area contributed by atoms with Crippen LogP contribution in [0.2, 0.25) is 0 Å². The van der Waals surface area contributed by atoms with E-state index in [1.807, 2.05) is 30.3 Å². The van der Waals surface area contributed by atoms with Crippen LogP contribution in [-0.4, -0.2) is 13.1 Å². The first kappa shape index (κ1) is 15.6. The second kappa shape index (κ2) is 6.87. The molecule has 1 aromatic heterocycles. The van der Waals surface area contributed by atoms with Crippen LogP contribution in [0.1, 0.15) is 16.1 Å². The fourth-order valence-electron chi connectivity index (χ4n) is 2.14. The van der Waals surface area contributed by atoms with Gasteiger partial charge in [-0.05, 0) is 29.8 Å². The molecule has 0 bridgehead atoms. The largest absolute Gasteiger partial charge is 0.519 e. The zero-order valence-corrected chi connectivity index (χ0v) is 12.9. The molecule has 122 valence electrons. The van der Waals surface area contributed by atoms with Crippen molar-refractivity contribution in [1.29, 1.82) is 0 Å². The quantitative estimate of drug-likeness (QED) is 0.670. The lowest BCUT2D eigenvalue weighted by Crippen LogP contribution is -2.05. The Hall–Kier alpha value is -3.28. The summed E-state index contributed by atoms with van der Waals surface area (Å²) in [4.78, 5) is 23.6. The maximum Gasteiger partial charge on any atom is 0.519 e. The van der Waals surface area contributed by atoms with E-state index in [1.54, 1.807) is 31.4 Å². The lowest BCUT2D eigenvalue weighted by Gasteiger charge is -2.04. The van der Waals surface area contributed by atoms with E-state index < -0.39 is 11.8 Å². The number of methoxy groups -OCH3 is 1. The molecule has 6 nitrogen and oxygen atoms in total. The number of rotatable bonds is 5. The summed E-state index contributed by atoms with van der Waals surface area (Å²) in [7, 11) is 1.54. The molecule has 0 saturated heterocycles. The van der Waals surface area contributed by atoms with Gasteiger partial charge in [0.25, 0.3) is 5.76 Å². The molecular weight excluding hydrogens is 312 g/mol. The molecule has 0 N–H and O–H groups in total. The van der Waals surface area contributed by atoms with Crippen molar-refractivity contribution in [2.24, 2.45) is 0 Å². The smallest absolute Gasteiger partial charge is 0.497 e. The van der Waals surface area contributed by atoms with Crippen molar-refractivity contribution in [3.63, 3.8) is 0 Å². The Labute approximate surface area is 137 Å². The van der Waals surface area contributed by atoms with E-state index in [0.717, 1.165) is 5.56 Å². The summed E-state index contributed by atoms with van der Waals surface area (Å²) < 4.78 is 20.1. The Bertz CT molecular complexity index is 874. The minimum Gasteiger partial charge on any atom is -0.497 e. The van der Waals surface area contributed by atoms with Crippen LogP contribution in [0.15, 0.2) is 68.2 Å². The Morgan fingerprint density at radius 1 is 1.00 bits per heavy atom. The lowest BCUT2D eigenvalue weighted by atomic mass is 10.1. The Morgan fingerprint density at radius 2 is 1.71 bits per heavy atom. The normalized spacial score (nSPS) is 10.4. The van der Waals surface area contributed by atoms with Gasteiger partial charge in [-0.25, -0.2) is 9.59 Å². The second-order valence-electron chi connectivity index (χ2n) is 4.90. The minimum absolute atomic E-state index is 0.0284. The van der Waals surface area contributed by atoms with Crippen LogP contribution in [0.5, 0.6) is 5.75 Å². The van der Waals surface area contributed by atoms with Crippen LogP contribution in [0, 0.1) is 0 Å². The molecule has 1 heterocycles. The SMILES string of the molecule is COc1ccc(-c2oc(=O)oc2C(=O)OCc2ccccc2)cc1. The van der Waals surface area contributed by atoms with Gasteiger partial charge in [0, 0.05) is 5.56 Å². The number of esters is 1. The number of carbonyl (C=O) groups is 1. The van der Waals surface area contributed by atoms with Crippen molar-refractivity contribution >= 4 is 5.97 Å². The monoisotopic (exact) mass is 326 g/mol. The molecule has 0 aliphatic heterocycles. The van der Waals surface area contributed by atoms with Crippen molar-refractivity contribution in [3.05, 3.63) is 76.5 Å². The molecule has 0 spiro atoms. The average Bonchev–Trinajstić information content (AvgIpc) is 3.02. The van der Waals surface area contributed by atoms with Crippen LogP contribution in [0.25, 0.3) is 11.3 Å². The first-order valence-electron chi connectivity index (χ1n) is 7.17. The van der Waals surface area contributed by atoms with E-state index in [0.29, 0.717) is 11.3 Å². The molecule has 6 heteroatoms. The Morgan fingerprint density at radius 3 is 2.38 bits per heavy atom. The third kappa shape index (κ3) is 3.38. The van der Waals surface area contributed by atoms with Gasteiger partial charge in [-0.2, -0.15) is 0 Å². The van der Waals surface area contributed by atoms with Gasteiger partial charge in [-0.3, -0.25) is 0 Å². The predicted octanol–water partition coefficient (Wildman–Crippen LogP) is 3.27. The number of hydrogen-bond donors (Lipinski definition) is 0. The maximum absolute atomic E-state index is 12.2. The zero-order chi connectivity index (χ0) is 16.9.